The van der Waals surface area contributed by atoms with Crippen LogP contribution in [-0.4, -0.2) is 45.3 Å². The Bertz CT molecular complexity index is 1000. The summed E-state index contributed by atoms with van der Waals surface area (Å²) in [5.41, 5.74) is 1.93. The van der Waals surface area contributed by atoms with Crippen molar-refractivity contribution in [3.63, 3.8) is 0 Å². The maximum Gasteiger partial charge on any atom is 0.410 e. The van der Waals surface area contributed by atoms with Crippen LogP contribution in [0.5, 0.6) is 0 Å². The van der Waals surface area contributed by atoms with Gasteiger partial charge in [-0.2, -0.15) is 0 Å². The molecule has 0 fully saturated rings. The fourth-order valence-corrected chi connectivity index (χ4v) is 3.57. The minimum absolute atomic E-state index is 0.313. The van der Waals surface area contributed by atoms with Gasteiger partial charge in [-0.25, -0.2) is 14.6 Å². The summed E-state index contributed by atoms with van der Waals surface area (Å²) in [5, 5.41) is 0. The number of rotatable bonds is 13. The molecule has 1 amide bonds. The third-order valence-electron chi connectivity index (χ3n) is 5.23. The number of allylic oxidation sites excluding steroid dienone is 2. The van der Waals surface area contributed by atoms with Gasteiger partial charge in [0.05, 0.1) is 18.6 Å². The van der Waals surface area contributed by atoms with Crippen LogP contribution in [0.2, 0.25) is 0 Å². The Hall–Kier alpha value is -3.35. The number of carbonyl (C=O) groups excluding carboxylic acids is 2. The number of imidazole rings is 1. The fraction of sp³-hybridized carbons (Fsp3) is 0.483. The van der Waals surface area contributed by atoms with Crippen molar-refractivity contribution >= 4 is 18.1 Å². The molecule has 0 aliphatic carbocycles. The van der Waals surface area contributed by atoms with Gasteiger partial charge in [0.25, 0.3) is 0 Å². The van der Waals surface area contributed by atoms with Crippen molar-refractivity contribution in [2.24, 2.45) is 0 Å². The second-order valence-electron chi connectivity index (χ2n) is 9.65. The number of esters is 1. The summed E-state index contributed by atoms with van der Waals surface area (Å²) in [5.74, 6) is -0.313. The zero-order chi connectivity index (χ0) is 26.4. The number of carbonyl (C=O) groups is 2. The van der Waals surface area contributed by atoms with Crippen molar-refractivity contribution in [1.29, 1.82) is 0 Å². The third kappa shape index (κ3) is 10.9. The molecule has 7 heteroatoms. The highest BCUT2D eigenvalue weighted by atomic mass is 16.6. The molecule has 0 bridgehead atoms. The molecule has 0 saturated carbocycles. The van der Waals surface area contributed by atoms with Crippen LogP contribution in [0.1, 0.15) is 71.6 Å². The lowest BCUT2D eigenvalue weighted by Gasteiger charge is -2.27. The summed E-state index contributed by atoms with van der Waals surface area (Å²) in [6.07, 6.45) is 12.0. The molecule has 1 aromatic carbocycles. The average Bonchev–Trinajstić information content (AvgIpc) is 3.27. The van der Waals surface area contributed by atoms with Gasteiger partial charge in [-0.3, -0.25) is 0 Å². The van der Waals surface area contributed by atoms with E-state index < -0.39 is 5.60 Å². The Kier molecular flexibility index (Phi) is 12.0. The maximum absolute atomic E-state index is 12.8. The smallest absolute Gasteiger partial charge is 0.410 e. The number of amides is 1. The topological polar surface area (TPSA) is 73.7 Å². The number of unbranched alkanes of at least 4 members (excludes halogenated alkanes) is 1. The molecule has 0 saturated heterocycles. The normalized spacial score (nSPS) is 12.1. The minimum atomic E-state index is -0.565. The Morgan fingerprint density at radius 2 is 1.86 bits per heavy atom. The van der Waals surface area contributed by atoms with E-state index in [1.807, 2.05) is 80.3 Å². The van der Waals surface area contributed by atoms with Crippen LogP contribution in [0.25, 0.3) is 6.08 Å². The fourth-order valence-electron chi connectivity index (χ4n) is 3.57. The molecule has 1 heterocycles. The Morgan fingerprint density at radius 1 is 1.11 bits per heavy atom. The summed E-state index contributed by atoms with van der Waals surface area (Å²) in [6, 6.07) is 9.87. The molecule has 0 spiro atoms. The Balaban J connectivity index is 2.00. The van der Waals surface area contributed by atoms with Crippen LogP contribution in [0.4, 0.5) is 4.79 Å². The summed E-state index contributed by atoms with van der Waals surface area (Å²) < 4.78 is 12.9. The summed E-state index contributed by atoms with van der Waals surface area (Å²) >= 11 is 0. The molecule has 0 radical (unpaired) electrons. The number of benzene rings is 1. The molecular formula is C29H41N3O4. The number of hydrogen-bond acceptors (Lipinski definition) is 5. The van der Waals surface area contributed by atoms with Crippen LogP contribution < -0.4 is 0 Å². The van der Waals surface area contributed by atoms with Crippen LogP contribution in [0, 0.1) is 0 Å². The lowest BCUT2D eigenvalue weighted by atomic mass is 10.1. The molecule has 0 unspecified atom stereocenters. The Morgan fingerprint density at radius 3 is 2.53 bits per heavy atom. The van der Waals surface area contributed by atoms with E-state index in [-0.39, 0.29) is 12.1 Å². The second-order valence-corrected chi connectivity index (χ2v) is 9.65. The van der Waals surface area contributed by atoms with E-state index in [9.17, 15) is 9.59 Å². The van der Waals surface area contributed by atoms with Gasteiger partial charge < -0.3 is 18.9 Å². The molecule has 7 nitrogen and oxygen atoms in total. The lowest BCUT2D eigenvalue weighted by molar-refractivity contribution is -0.138. The van der Waals surface area contributed by atoms with E-state index in [2.05, 4.69) is 11.9 Å². The number of aromatic nitrogens is 2. The monoisotopic (exact) mass is 495 g/mol. The largest absolute Gasteiger partial charge is 0.463 e. The quantitative estimate of drug-likeness (QED) is 0.139. The first-order valence-corrected chi connectivity index (χ1v) is 12.8. The molecule has 0 aliphatic heterocycles. The van der Waals surface area contributed by atoms with Crippen LogP contribution in [0.3, 0.4) is 0 Å². The third-order valence-corrected chi connectivity index (χ3v) is 5.23. The van der Waals surface area contributed by atoms with Crippen molar-refractivity contribution in [2.75, 3.05) is 13.2 Å². The van der Waals surface area contributed by atoms with Crippen LogP contribution >= 0.6 is 0 Å². The van der Waals surface area contributed by atoms with E-state index in [1.165, 1.54) is 0 Å². The number of hydrogen-bond donors (Lipinski definition) is 0. The van der Waals surface area contributed by atoms with Gasteiger partial charge in [-0.05, 0) is 65.0 Å². The standard InChI is InChI=1S/C29H41N3O4/c1-6-19-31-22-26(30-23-31)18-13-17-25(27(33)35-7-2)16-11-12-20-32(28(34)36-29(3,4)5)21-24-14-9-8-10-15-24/h8-10,13-15,17-18,22-23H,6-7,11-12,16,19-21H2,1-5H3/b18-13?,25-17+. The van der Waals surface area contributed by atoms with E-state index in [0.29, 0.717) is 31.7 Å². The predicted octanol–water partition coefficient (Wildman–Crippen LogP) is 6.40. The summed E-state index contributed by atoms with van der Waals surface area (Å²) in [4.78, 5) is 31.4. The molecule has 0 atom stereocenters. The van der Waals surface area contributed by atoms with Gasteiger partial charge in [0.15, 0.2) is 0 Å². The molecule has 0 aliphatic rings. The molecular weight excluding hydrogens is 454 g/mol. The first kappa shape index (κ1) is 28.9. The second kappa shape index (κ2) is 14.9. The van der Waals surface area contributed by atoms with E-state index >= 15 is 0 Å². The molecule has 0 N–H and O–H groups in total. The number of ether oxygens (including phenoxy) is 2. The molecule has 2 aromatic rings. The van der Waals surface area contributed by atoms with E-state index in [0.717, 1.165) is 37.1 Å². The molecule has 2 rings (SSSR count). The highest BCUT2D eigenvalue weighted by molar-refractivity contribution is 5.88. The molecule has 196 valence electrons. The first-order valence-electron chi connectivity index (χ1n) is 12.8. The van der Waals surface area contributed by atoms with E-state index in [4.69, 9.17) is 9.47 Å². The van der Waals surface area contributed by atoms with Crippen LogP contribution in [0.15, 0.2) is 60.6 Å². The van der Waals surface area contributed by atoms with Crippen molar-refractivity contribution in [3.05, 3.63) is 71.8 Å². The van der Waals surface area contributed by atoms with Gasteiger partial charge in [0.1, 0.15) is 5.60 Å². The van der Waals surface area contributed by atoms with Crippen molar-refractivity contribution in [3.8, 4) is 0 Å². The average molecular weight is 496 g/mol. The molecule has 1 aromatic heterocycles. The summed E-state index contributed by atoms with van der Waals surface area (Å²) in [7, 11) is 0. The van der Waals surface area contributed by atoms with Crippen molar-refractivity contribution in [1.82, 2.24) is 14.5 Å². The highest BCUT2D eigenvalue weighted by Crippen LogP contribution is 2.16. The zero-order valence-electron chi connectivity index (χ0n) is 22.4. The van der Waals surface area contributed by atoms with Crippen molar-refractivity contribution in [2.45, 2.75) is 79.0 Å². The zero-order valence-corrected chi connectivity index (χ0v) is 22.4. The van der Waals surface area contributed by atoms with Crippen molar-refractivity contribution < 1.29 is 19.1 Å². The van der Waals surface area contributed by atoms with E-state index in [1.54, 1.807) is 17.9 Å². The lowest BCUT2D eigenvalue weighted by Crippen LogP contribution is -2.37. The number of aryl methyl sites for hydroxylation is 1. The minimum Gasteiger partial charge on any atom is -0.463 e. The van der Waals surface area contributed by atoms with Gasteiger partial charge in [-0.1, -0.05) is 49.4 Å². The van der Waals surface area contributed by atoms with Gasteiger partial charge in [-0.15, -0.1) is 0 Å². The number of nitrogens with zero attached hydrogens (tertiary/aromatic N) is 3. The van der Waals surface area contributed by atoms with Gasteiger partial charge in [0.2, 0.25) is 0 Å². The highest BCUT2D eigenvalue weighted by Gasteiger charge is 2.22. The molecule has 36 heavy (non-hydrogen) atoms. The van der Waals surface area contributed by atoms with Gasteiger partial charge in [0, 0.05) is 31.4 Å². The predicted molar refractivity (Wildman–Crippen MR) is 143 cm³/mol. The SMILES string of the molecule is CCCn1cnc(C=C/C=C(\CCCCN(Cc2ccccc2)C(=O)OC(C)(C)C)C(=O)OCC)c1. The van der Waals surface area contributed by atoms with Crippen LogP contribution in [-0.2, 0) is 27.4 Å². The first-order chi connectivity index (χ1) is 17.2. The maximum atomic E-state index is 12.8. The summed E-state index contributed by atoms with van der Waals surface area (Å²) in [6.45, 7) is 11.8. The Labute approximate surface area is 215 Å². The van der Waals surface area contributed by atoms with Gasteiger partial charge >= 0.3 is 12.1 Å².